The van der Waals surface area contributed by atoms with Crippen LogP contribution in [-0.2, 0) is 16.6 Å². The highest BCUT2D eigenvalue weighted by molar-refractivity contribution is 9.10. The lowest BCUT2D eigenvalue weighted by Gasteiger charge is -2.17. The molecule has 18 heavy (non-hydrogen) atoms. The Balaban J connectivity index is 3.20. The van der Waals surface area contributed by atoms with Gasteiger partial charge in [0.05, 0.1) is 0 Å². The summed E-state index contributed by atoms with van der Waals surface area (Å²) in [4.78, 5) is -0.0183. The lowest BCUT2D eigenvalue weighted by Crippen LogP contribution is -2.31. The summed E-state index contributed by atoms with van der Waals surface area (Å²) in [5.41, 5.74) is 0. The van der Waals surface area contributed by atoms with Gasteiger partial charge >= 0.3 is 0 Å². The van der Waals surface area contributed by atoms with E-state index in [4.69, 9.17) is 9.52 Å². The summed E-state index contributed by atoms with van der Waals surface area (Å²) >= 11 is 3.03. The predicted octanol–water partition coefficient (Wildman–Crippen LogP) is 1.90. The molecular formula is C11H14BrNO4S. The zero-order valence-corrected chi connectivity index (χ0v) is 12.1. The summed E-state index contributed by atoms with van der Waals surface area (Å²) in [6.45, 7) is 7.01. The second-order valence-electron chi connectivity index (χ2n) is 3.41. The molecule has 0 aliphatic heterocycles. The Kier molecular flexibility index (Phi) is 5.33. The number of rotatable bonds is 7. The van der Waals surface area contributed by atoms with Gasteiger partial charge in [-0.3, -0.25) is 0 Å². The van der Waals surface area contributed by atoms with E-state index in [0.717, 1.165) is 0 Å². The molecule has 0 saturated heterocycles. The minimum absolute atomic E-state index is 0.0183. The van der Waals surface area contributed by atoms with Crippen LogP contribution in [0.15, 0.2) is 45.4 Å². The molecule has 0 saturated carbocycles. The van der Waals surface area contributed by atoms with Gasteiger partial charge in [-0.15, -0.1) is 13.2 Å². The number of halogens is 1. The van der Waals surface area contributed by atoms with Gasteiger partial charge in [0, 0.05) is 19.2 Å². The minimum Gasteiger partial charge on any atom is -0.450 e. The highest BCUT2D eigenvalue weighted by atomic mass is 79.9. The summed E-state index contributed by atoms with van der Waals surface area (Å²) in [6, 6.07) is 1.29. The molecule has 0 atom stereocenters. The van der Waals surface area contributed by atoms with Gasteiger partial charge in [-0.25, -0.2) is 8.42 Å². The third-order valence-corrected chi connectivity index (χ3v) is 4.83. The van der Waals surface area contributed by atoms with E-state index in [1.54, 1.807) is 0 Å². The zero-order chi connectivity index (χ0) is 13.8. The first kappa shape index (κ1) is 15.2. The van der Waals surface area contributed by atoms with E-state index in [2.05, 4.69) is 29.1 Å². The van der Waals surface area contributed by atoms with Crippen molar-refractivity contribution >= 4 is 26.0 Å². The molecule has 1 rings (SSSR count). The number of hydrogen-bond acceptors (Lipinski definition) is 4. The van der Waals surface area contributed by atoms with Gasteiger partial charge in [-0.2, -0.15) is 4.31 Å². The predicted molar refractivity (Wildman–Crippen MR) is 71.5 cm³/mol. The van der Waals surface area contributed by atoms with Crippen molar-refractivity contribution < 1.29 is 17.9 Å². The van der Waals surface area contributed by atoms with Crippen LogP contribution >= 0.6 is 15.9 Å². The molecule has 0 aromatic carbocycles. The number of sulfonamides is 1. The Morgan fingerprint density at radius 3 is 2.33 bits per heavy atom. The van der Waals surface area contributed by atoms with E-state index in [9.17, 15) is 8.42 Å². The average molecular weight is 336 g/mol. The first-order valence-corrected chi connectivity index (χ1v) is 7.31. The molecule has 1 aromatic heterocycles. The van der Waals surface area contributed by atoms with E-state index in [1.807, 2.05) is 0 Å². The molecule has 100 valence electrons. The van der Waals surface area contributed by atoms with E-state index >= 15 is 0 Å². The minimum atomic E-state index is -3.71. The highest BCUT2D eigenvalue weighted by Crippen LogP contribution is 2.28. The van der Waals surface area contributed by atoms with Gasteiger partial charge in [0.2, 0.25) is 10.0 Å². The maximum absolute atomic E-state index is 12.3. The normalized spacial score (nSPS) is 11.7. The topological polar surface area (TPSA) is 70.8 Å². The fourth-order valence-corrected chi connectivity index (χ4v) is 3.69. The van der Waals surface area contributed by atoms with Gasteiger partial charge in [0.15, 0.2) is 4.67 Å². The molecule has 0 spiro atoms. The molecule has 0 bridgehead atoms. The standard InChI is InChI=1S/C11H14BrNO4S/c1-3-5-13(6-4-2)18(15,16)10-7-9(8-14)17-11(10)12/h3-4,7,14H,1-2,5-6,8H2. The van der Waals surface area contributed by atoms with Gasteiger partial charge in [0.1, 0.15) is 17.3 Å². The van der Waals surface area contributed by atoms with Crippen molar-refractivity contribution in [2.45, 2.75) is 11.5 Å². The van der Waals surface area contributed by atoms with Crippen LogP contribution < -0.4 is 0 Å². The summed E-state index contributed by atoms with van der Waals surface area (Å²) in [5.74, 6) is 0.178. The van der Waals surface area contributed by atoms with Crippen molar-refractivity contribution in [3.8, 4) is 0 Å². The molecule has 0 fully saturated rings. The fourth-order valence-electron chi connectivity index (χ4n) is 1.35. The van der Waals surface area contributed by atoms with Crippen LogP contribution in [0.3, 0.4) is 0 Å². The Morgan fingerprint density at radius 1 is 1.39 bits per heavy atom. The number of nitrogens with zero attached hydrogens (tertiary/aromatic N) is 1. The van der Waals surface area contributed by atoms with Crippen LogP contribution in [0.1, 0.15) is 5.76 Å². The quantitative estimate of drug-likeness (QED) is 0.772. The number of aliphatic hydroxyl groups excluding tert-OH is 1. The summed E-state index contributed by atoms with van der Waals surface area (Å²) in [6.07, 6.45) is 2.98. The molecule has 0 radical (unpaired) electrons. The Bertz CT molecular complexity index is 525. The molecule has 0 unspecified atom stereocenters. The third-order valence-electron chi connectivity index (χ3n) is 2.15. The van der Waals surface area contributed by atoms with Crippen molar-refractivity contribution in [3.05, 3.63) is 41.8 Å². The fraction of sp³-hybridized carbons (Fsp3) is 0.273. The van der Waals surface area contributed by atoms with Crippen LogP contribution in [0.4, 0.5) is 0 Å². The Labute approximate surface area is 115 Å². The third kappa shape index (κ3) is 3.11. The smallest absolute Gasteiger partial charge is 0.248 e. The van der Waals surface area contributed by atoms with Crippen molar-refractivity contribution in [3.63, 3.8) is 0 Å². The zero-order valence-electron chi connectivity index (χ0n) is 9.67. The van der Waals surface area contributed by atoms with Gasteiger partial charge in [-0.1, -0.05) is 12.2 Å². The molecular weight excluding hydrogens is 322 g/mol. The molecule has 1 heterocycles. The van der Waals surface area contributed by atoms with Crippen molar-refractivity contribution in [1.82, 2.24) is 4.31 Å². The Morgan fingerprint density at radius 2 is 1.94 bits per heavy atom. The lowest BCUT2D eigenvalue weighted by atomic mass is 10.5. The highest BCUT2D eigenvalue weighted by Gasteiger charge is 2.28. The second-order valence-corrected chi connectivity index (χ2v) is 6.03. The SMILES string of the molecule is C=CCN(CC=C)S(=O)(=O)c1cc(CO)oc1Br. The van der Waals surface area contributed by atoms with Crippen LogP contribution in [0, 0.1) is 0 Å². The van der Waals surface area contributed by atoms with Crippen molar-refractivity contribution in [1.29, 1.82) is 0 Å². The van der Waals surface area contributed by atoms with Crippen LogP contribution in [0.2, 0.25) is 0 Å². The van der Waals surface area contributed by atoms with E-state index in [0.29, 0.717) is 0 Å². The lowest BCUT2D eigenvalue weighted by molar-refractivity contribution is 0.245. The molecule has 1 N–H and O–H groups in total. The van der Waals surface area contributed by atoms with E-state index in [1.165, 1.54) is 22.5 Å². The van der Waals surface area contributed by atoms with Crippen molar-refractivity contribution in [2.75, 3.05) is 13.1 Å². The summed E-state index contributed by atoms with van der Waals surface area (Å²) in [5, 5.41) is 8.93. The number of furan rings is 1. The van der Waals surface area contributed by atoms with Gasteiger partial charge < -0.3 is 9.52 Å². The summed E-state index contributed by atoms with van der Waals surface area (Å²) < 4.78 is 31.0. The second kappa shape index (κ2) is 6.33. The first-order chi connectivity index (χ1) is 8.47. The van der Waals surface area contributed by atoms with Gasteiger partial charge in [0.25, 0.3) is 0 Å². The van der Waals surface area contributed by atoms with Gasteiger partial charge in [-0.05, 0) is 15.9 Å². The molecule has 0 aliphatic carbocycles. The van der Waals surface area contributed by atoms with E-state index in [-0.39, 0.29) is 35.0 Å². The Hall–Kier alpha value is -0.890. The summed E-state index contributed by atoms with van der Waals surface area (Å²) in [7, 11) is -3.71. The largest absolute Gasteiger partial charge is 0.450 e. The molecule has 0 amide bonds. The van der Waals surface area contributed by atoms with Crippen molar-refractivity contribution in [2.24, 2.45) is 0 Å². The molecule has 0 aliphatic rings. The van der Waals surface area contributed by atoms with E-state index < -0.39 is 10.0 Å². The first-order valence-electron chi connectivity index (χ1n) is 5.08. The van der Waals surface area contributed by atoms with Crippen LogP contribution in [0.5, 0.6) is 0 Å². The number of aliphatic hydroxyl groups is 1. The maximum Gasteiger partial charge on any atom is 0.248 e. The maximum atomic E-state index is 12.3. The molecule has 7 heteroatoms. The molecule has 1 aromatic rings. The van der Waals surface area contributed by atoms with Crippen LogP contribution in [0.25, 0.3) is 0 Å². The van der Waals surface area contributed by atoms with Crippen LogP contribution in [-0.4, -0.2) is 30.9 Å². The average Bonchev–Trinajstić information content (AvgIpc) is 2.71. The molecule has 5 nitrogen and oxygen atoms in total. The number of hydrogen-bond donors (Lipinski definition) is 1. The monoisotopic (exact) mass is 335 g/mol.